The van der Waals surface area contributed by atoms with E-state index < -0.39 is 0 Å². The molecule has 0 bridgehead atoms. The maximum atomic E-state index is 11.7. The molecule has 0 saturated carbocycles. The summed E-state index contributed by atoms with van der Waals surface area (Å²) in [5.74, 6) is 0.728. The molecular formula is C14H22N2O3. The van der Waals surface area contributed by atoms with E-state index in [2.05, 4.69) is 6.92 Å². The Labute approximate surface area is 114 Å². The van der Waals surface area contributed by atoms with E-state index in [1.807, 2.05) is 18.2 Å². The van der Waals surface area contributed by atoms with Crippen molar-refractivity contribution in [1.82, 2.24) is 4.90 Å². The van der Waals surface area contributed by atoms with E-state index in [-0.39, 0.29) is 12.7 Å². The van der Waals surface area contributed by atoms with Gasteiger partial charge in [-0.3, -0.25) is 0 Å². The van der Waals surface area contributed by atoms with Gasteiger partial charge in [0.15, 0.2) is 0 Å². The molecule has 0 aliphatic rings. The molecular weight excluding hydrogens is 244 g/mol. The third kappa shape index (κ3) is 4.44. The molecule has 0 saturated heterocycles. The van der Waals surface area contributed by atoms with Gasteiger partial charge in [0.05, 0.1) is 7.11 Å². The van der Waals surface area contributed by atoms with Crippen molar-refractivity contribution in [2.75, 3.05) is 27.2 Å². The predicted octanol–water partition coefficient (Wildman–Crippen LogP) is 1.78. The Balaban J connectivity index is 2.68. The number of amides is 1. The summed E-state index contributed by atoms with van der Waals surface area (Å²) < 4.78 is 10.5. The fourth-order valence-corrected chi connectivity index (χ4v) is 1.70. The van der Waals surface area contributed by atoms with Crippen LogP contribution in [0.3, 0.4) is 0 Å². The first-order chi connectivity index (χ1) is 9.12. The monoisotopic (exact) mass is 266 g/mol. The lowest BCUT2D eigenvalue weighted by Gasteiger charge is -2.17. The van der Waals surface area contributed by atoms with Crippen molar-refractivity contribution >= 4 is 6.09 Å². The number of nitrogens with two attached hydrogens (primary N) is 1. The first-order valence-electron chi connectivity index (χ1n) is 6.36. The van der Waals surface area contributed by atoms with Crippen molar-refractivity contribution in [3.05, 3.63) is 29.3 Å². The van der Waals surface area contributed by atoms with Gasteiger partial charge in [0, 0.05) is 25.7 Å². The van der Waals surface area contributed by atoms with Crippen LogP contribution in [0.25, 0.3) is 0 Å². The summed E-state index contributed by atoms with van der Waals surface area (Å²) >= 11 is 0. The van der Waals surface area contributed by atoms with Gasteiger partial charge in [0.2, 0.25) is 0 Å². The van der Waals surface area contributed by atoms with Crippen molar-refractivity contribution in [2.45, 2.75) is 20.0 Å². The number of benzene rings is 1. The lowest BCUT2D eigenvalue weighted by molar-refractivity contribution is 0.105. The van der Waals surface area contributed by atoms with E-state index in [4.69, 9.17) is 15.2 Å². The molecule has 0 spiro atoms. The predicted molar refractivity (Wildman–Crippen MR) is 74.2 cm³/mol. The van der Waals surface area contributed by atoms with E-state index in [1.165, 1.54) is 10.5 Å². The van der Waals surface area contributed by atoms with Crippen LogP contribution in [-0.4, -0.2) is 38.2 Å². The van der Waals surface area contributed by atoms with Crippen LogP contribution in [0.1, 0.15) is 18.1 Å². The number of carbonyl (C=O) groups excluding carboxylic acids is 1. The van der Waals surface area contributed by atoms with E-state index in [9.17, 15) is 4.79 Å². The molecule has 1 aromatic rings. The number of likely N-dealkylation sites (N-methyl/N-ethyl adjacent to an activating group) is 1. The molecule has 0 aromatic heterocycles. The molecule has 106 valence electrons. The Bertz CT molecular complexity index is 421. The van der Waals surface area contributed by atoms with Crippen molar-refractivity contribution < 1.29 is 14.3 Å². The second-order valence-electron chi connectivity index (χ2n) is 4.26. The fraction of sp³-hybridized carbons (Fsp3) is 0.500. The van der Waals surface area contributed by atoms with Gasteiger partial charge in [-0.2, -0.15) is 0 Å². The van der Waals surface area contributed by atoms with Gasteiger partial charge in [-0.1, -0.05) is 13.0 Å². The number of nitrogens with zero attached hydrogens (tertiary/aromatic N) is 1. The molecule has 5 heteroatoms. The first-order valence-corrected chi connectivity index (χ1v) is 6.36. The highest BCUT2D eigenvalue weighted by Crippen LogP contribution is 2.21. The standard InChI is InChI=1S/C14H22N2O3/c1-4-11-5-6-13(18-3)12(9-11)10-19-14(17)16(2)8-7-15/h5-6,9H,4,7-8,10,15H2,1-3H3. The molecule has 0 aliphatic carbocycles. The minimum absolute atomic E-state index is 0.199. The molecule has 1 rings (SSSR count). The summed E-state index contributed by atoms with van der Waals surface area (Å²) in [6, 6.07) is 5.89. The van der Waals surface area contributed by atoms with Crippen LogP contribution >= 0.6 is 0 Å². The zero-order valence-corrected chi connectivity index (χ0v) is 11.8. The first kappa shape index (κ1) is 15.3. The summed E-state index contributed by atoms with van der Waals surface area (Å²) in [5.41, 5.74) is 7.44. The normalized spacial score (nSPS) is 10.1. The highest BCUT2D eigenvalue weighted by atomic mass is 16.6. The molecule has 0 fully saturated rings. The summed E-state index contributed by atoms with van der Waals surface area (Å²) in [4.78, 5) is 13.1. The van der Waals surface area contributed by atoms with Crippen molar-refractivity contribution in [1.29, 1.82) is 0 Å². The topological polar surface area (TPSA) is 64.8 Å². The van der Waals surface area contributed by atoms with Gasteiger partial charge < -0.3 is 20.1 Å². The summed E-state index contributed by atoms with van der Waals surface area (Å²) in [6.45, 7) is 3.17. The minimum atomic E-state index is -0.380. The second kappa shape index (κ2) is 7.63. The highest BCUT2D eigenvalue weighted by Gasteiger charge is 2.11. The zero-order chi connectivity index (χ0) is 14.3. The second-order valence-corrected chi connectivity index (χ2v) is 4.26. The van der Waals surface area contributed by atoms with Gasteiger partial charge in [-0.15, -0.1) is 0 Å². The van der Waals surface area contributed by atoms with Gasteiger partial charge in [-0.05, 0) is 24.1 Å². The minimum Gasteiger partial charge on any atom is -0.496 e. The summed E-state index contributed by atoms with van der Waals surface area (Å²) in [5, 5.41) is 0. The van der Waals surface area contributed by atoms with Gasteiger partial charge in [-0.25, -0.2) is 4.79 Å². The molecule has 0 unspecified atom stereocenters. The molecule has 2 N–H and O–H groups in total. The van der Waals surface area contributed by atoms with E-state index in [0.717, 1.165) is 17.7 Å². The maximum absolute atomic E-state index is 11.7. The number of methoxy groups -OCH3 is 1. The Kier molecular flexibility index (Phi) is 6.15. The van der Waals surface area contributed by atoms with E-state index in [1.54, 1.807) is 14.2 Å². The van der Waals surface area contributed by atoms with Crippen LogP contribution in [0, 0.1) is 0 Å². The molecule has 0 atom stereocenters. The van der Waals surface area contributed by atoms with Crippen molar-refractivity contribution in [2.24, 2.45) is 5.73 Å². The number of hydrogen-bond donors (Lipinski definition) is 1. The van der Waals surface area contributed by atoms with Crippen LogP contribution < -0.4 is 10.5 Å². The van der Waals surface area contributed by atoms with Crippen molar-refractivity contribution in [3.8, 4) is 5.75 Å². The maximum Gasteiger partial charge on any atom is 0.409 e. The zero-order valence-electron chi connectivity index (χ0n) is 11.8. The largest absolute Gasteiger partial charge is 0.496 e. The van der Waals surface area contributed by atoms with Crippen LogP contribution in [0.5, 0.6) is 5.75 Å². The smallest absolute Gasteiger partial charge is 0.409 e. The highest BCUT2D eigenvalue weighted by molar-refractivity contribution is 5.67. The van der Waals surface area contributed by atoms with Gasteiger partial charge in [0.1, 0.15) is 12.4 Å². The third-order valence-corrected chi connectivity index (χ3v) is 2.88. The van der Waals surface area contributed by atoms with Gasteiger partial charge >= 0.3 is 6.09 Å². The number of hydrogen-bond acceptors (Lipinski definition) is 4. The molecule has 19 heavy (non-hydrogen) atoms. The molecule has 0 heterocycles. The molecule has 0 radical (unpaired) electrons. The average Bonchev–Trinajstić information content (AvgIpc) is 2.44. The molecule has 1 amide bonds. The summed E-state index contributed by atoms with van der Waals surface area (Å²) in [7, 11) is 3.27. The Morgan fingerprint density at radius 2 is 2.16 bits per heavy atom. The molecule has 1 aromatic carbocycles. The number of rotatable bonds is 6. The lowest BCUT2D eigenvalue weighted by Crippen LogP contribution is -2.32. The fourth-order valence-electron chi connectivity index (χ4n) is 1.70. The summed E-state index contributed by atoms with van der Waals surface area (Å²) in [6.07, 6.45) is 0.548. The Morgan fingerprint density at radius 1 is 1.42 bits per heavy atom. The third-order valence-electron chi connectivity index (χ3n) is 2.88. The van der Waals surface area contributed by atoms with Gasteiger partial charge in [0.25, 0.3) is 0 Å². The SMILES string of the molecule is CCc1ccc(OC)c(COC(=O)N(C)CCN)c1. The Morgan fingerprint density at radius 3 is 2.74 bits per heavy atom. The quantitative estimate of drug-likeness (QED) is 0.852. The van der Waals surface area contributed by atoms with E-state index >= 15 is 0 Å². The van der Waals surface area contributed by atoms with Crippen LogP contribution in [-0.2, 0) is 17.8 Å². The molecule has 5 nitrogen and oxygen atoms in total. The number of carbonyl (C=O) groups is 1. The van der Waals surface area contributed by atoms with Crippen LogP contribution in [0.2, 0.25) is 0 Å². The lowest BCUT2D eigenvalue weighted by atomic mass is 10.1. The van der Waals surface area contributed by atoms with Crippen LogP contribution in [0.15, 0.2) is 18.2 Å². The van der Waals surface area contributed by atoms with Crippen LogP contribution in [0.4, 0.5) is 4.79 Å². The molecule has 0 aliphatic heterocycles. The number of aryl methyl sites for hydroxylation is 1. The van der Waals surface area contributed by atoms with Crippen molar-refractivity contribution in [3.63, 3.8) is 0 Å². The Hall–Kier alpha value is -1.75. The average molecular weight is 266 g/mol. The van der Waals surface area contributed by atoms with E-state index in [0.29, 0.717) is 13.1 Å². The number of ether oxygens (including phenoxy) is 2.